The van der Waals surface area contributed by atoms with E-state index >= 15 is 0 Å². The van der Waals surface area contributed by atoms with Crippen LogP contribution < -0.4 is 5.32 Å². The Bertz CT molecular complexity index is 751. The number of benzene rings is 2. The molecule has 21 heavy (non-hydrogen) atoms. The van der Waals surface area contributed by atoms with Crippen molar-refractivity contribution in [2.24, 2.45) is 0 Å². The van der Waals surface area contributed by atoms with Crippen molar-refractivity contribution in [2.75, 3.05) is 5.32 Å². The van der Waals surface area contributed by atoms with Gasteiger partial charge in [0.05, 0.1) is 11.2 Å². The summed E-state index contributed by atoms with van der Waals surface area (Å²) in [6, 6.07) is 6.80. The van der Waals surface area contributed by atoms with Crippen molar-refractivity contribution in [3.05, 3.63) is 63.7 Å². The van der Waals surface area contributed by atoms with Crippen molar-refractivity contribution < 1.29 is 13.6 Å². The third-order valence-electron chi connectivity index (χ3n) is 3.36. The standard InChI is InChI=1S/C15H9BrClF2NO/c16-15(9-2-1-8(18)5-12(9)19)10-3-7-4-14(21)20-13(7)6-11(10)17/h1-3,5-6,15H,4H2,(H,20,21). The molecule has 0 fully saturated rings. The third-order valence-corrected chi connectivity index (χ3v) is 4.67. The summed E-state index contributed by atoms with van der Waals surface area (Å²) in [4.78, 5) is 10.9. The number of hydrogen-bond donors (Lipinski definition) is 1. The lowest BCUT2D eigenvalue weighted by atomic mass is 10.0. The van der Waals surface area contributed by atoms with E-state index in [0.717, 1.165) is 11.6 Å². The zero-order valence-corrected chi connectivity index (χ0v) is 12.9. The van der Waals surface area contributed by atoms with E-state index in [1.54, 1.807) is 12.1 Å². The molecule has 1 N–H and O–H groups in total. The van der Waals surface area contributed by atoms with E-state index in [1.807, 2.05) is 0 Å². The molecule has 6 heteroatoms. The molecule has 1 unspecified atom stereocenters. The number of amides is 1. The van der Waals surface area contributed by atoms with Crippen LogP contribution in [0.2, 0.25) is 5.02 Å². The summed E-state index contributed by atoms with van der Waals surface area (Å²) in [5.74, 6) is -1.38. The molecular weight excluding hydrogens is 364 g/mol. The summed E-state index contributed by atoms with van der Waals surface area (Å²) in [5, 5.41) is 3.10. The monoisotopic (exact) mass is 371 g/mol. The first-order valence-corrected chi connectivity index (χ1v) is 7.46. The minimum absolute atomic E-state index is 0.0997. The minimum atomic E-state index is -0.650. The number of halogens is 4. The molecular formula is C15H9BrClF2NO. The molecule has 0 radical (unpaired) electrons. The van der Waals surface area contributed by atoms with E-state index in [9.17, 15) is 13.6 Å². The van der Waals surface area contributed by atoms with E-state index < -0.39 is 16.5 Å². The van der Waals surface area contributed by atoms with Crippen LogP contribution >= 0.6 is 27.5 Å². The zero-order chi connectivity index (χ0) is 15.1. The molecule has 3 rings (SSSR count). The molecule has 1 amide bonds. The van der Waals surface area contributed by atoms with E-state index in [1.165, 1.54) is 12.1 Å². The van der Waals surface area contributed by atoms with Crippen molar-refractivity contribution in [3.63, 3.8) is 0 Å². The average molecular weight is 373 g/mol. The highest BCUT2D eigenvalue weighted by Crippen LogP contribution is 2.40. The number of anilines is 1. The lowest BCUT2D eigenvalue weighted by Gasteiger charge is -2.15. The number of rotatable bonds is 2. The molecule has 0 spiro atoms. The van der Waals surface area contributed by atoms with Crippen molar-refractivity contribution >= 4 is 39.1 Å². The minimum Gasteiger partial charge on any atom is -0.325 e. The Balaban J connectivity index is 2.04. The molecule has 108 valence electrons. The van der Waals surface area contributed by atoms with Gasteiger partial charge in [-0.25, -0.2) is 8.78 Å². The molecule has 0 saturated carbocycles. The van der Waals surface area contributed by atoms with Crippen LogP contribution in [0.5, 0.6) is 0 Å². The van der Waals surface area contributed by atoms with Gasteiger partial charge in [-0.3, -0.25) is 4.79 Å². The summed E-state index contributed by atoms with van der Waals surface area (Å²) < 4.78 is 26.9. The van der Waals surface area contributed by atoms with Gasteiger partial charge < -0.3 is 5.32 Å². The first kappa shape index (κ1) is 14.5. The number of hydrogen-bond acceptors (Lipinski definition) is 1. The Kier molecular flexibility index (Phi) is 3.71. The topological polar surface area (TPSA) is 29.1 Å². The molecule has 0 saturated heterocycles. The van der Waals surface area contributed by atoms with Gasteiger partial charge in [-0.15, -0.1) is 0 Å². The van der Waals surface area contributed by atoms with Crippen LogP contribution in [0.4, 0.5) is 14.5 Å². The Morgan fingerprint density at radius 1 is 1.19 bits per heavy atom. The van der Waals surface area contributed by atoms with Gasteiger partial charge in [0.25, 0.3) is 0 Å². The predicted octanol–water partition coefficient (Wildman–Crippen LogP) is 4.60. The highest BCUT2D eigenvalue weighted by molar-refractivity contribution is 9.09. The predicted molar refractivity (Wildman–Crippen MR) is 80.9 cm³/mol. The number of carbonyl (C=O) groups is 1. The second-order valence-corrected chi connectivity index (χ2v) is 6.11. The van der Waals surface area contributed by atoms with Crippen molar-refractivity contribution in [3.8, 4) is 0 Å². The van der Waals surface area contributed by atoms with Crippen molar-refractivity contribution in [2.45, 2.75) is 11.2 Å². The van der Waals surface area contributed by atoms with Crippen molar-refractivity contribution in [1.82, 2.24) is 0 Å². The molecule has 1 aliphatic heterocycles. The largest absolute Gasteiger partial charge is 0.325 e. The molecule has 0 bridgehead atoms. The van der Waals surface area contributed by atoms with Crippen LogP contribution in [0.3, 0.4) is 0 Å². The van der Waals surface area contributed by atoms with Gasteiger partial charge in [-0.05, 0) is 23.3 Å². The Hall–Kier alpha value is -1.46. The van der Waals surface area contributed by atoms with Crippen LogP contribution in [-0.2, 0) is 11.2 Å². The molecule has 1 heterocycles. The maximum absolute atomic E-state index is 13.9. The molecule has 2 aromatic rings. The number of nitrogens with one attached hydrogen (secondary N) is 1. The van der Waals surface area contributed by atoms with Crippen LogP contribution in [0.25, 0.3) is 0 Å². The Morgan fingerprint density at radius 3 is 2.67 bits per heavy atom. The summed E-state index contributed by atoms with van der Waals surface area (Å²) in [6.45, 7) is 0. The first-order chi connectivity index (χ1) is 9.95. The first-order valence-electron chi connectivity index (χ1n) is 6.17. The summed E-state index contributed by atoms with van der Waals surface area (Å²) in [6.07, 6.45) is 0.269. The number of fused-ring (bicyclic) bond motifs is 1. The van der Waals surface area contributed by atoms with Gasteiger partial charge in [-0.1, -0.05) is 39.7 Å². The average Bonchev–Trinajstić information content (AvgIpc) is 2.76. The van der Waals surface area contributed by atoms with Gasteiger partial charge in [0.1, 0.15) is 11.6 Å². The second-order valence-electron chi connectivity index (χ2n) is 4.78. The van der Waals surface area contributed by atoms with E-state index in [2.05, 4.69) is 21.2 Å². The zero-order valence-electron chi connectivity index (χ0n) is 10.6. The summed E-state index contributed by atoms with van der Waals surface area (Å²) in [5.41, 5.74) is 2.41. The van der Waals surface area contributed by atoms with Gasteiger partial charge in [0.15, 0.2) is 0 Å². The molecule has 0 aromatic heterocycles. The quantitative estimate of drug-likeness (QED) is 0.767. The molecule has 2 nitrogen and oxygen atoms in total. The fourth-order valence-electron chi connectivity index (χ4n) is 2.34. The molecule has 0 aliphatic carbocycles. The fourth-order valence-corrected chi connectivity index (χ4v) is 3.49. The number of carbonyl (C=O) groups excluding carboxylic acids is 1. The Morgan fingerprint density at radius 2 is 1.95 bits per heavy atom. The van der Waals surface area contributed by atoms with Crippen LogP contribution in [-0.4, -0.2) is 5.91 Å². The fraction of sp³-hybridized carbons (Fsp3) is 0.133. The lowest BCUT2D eigenvalue weighted by Crippen LogP contribution is -2.03. The van der Waals surface area contributed by atoms with Crippen LogP contribution in [0.1, 0.15) is 21.5 Å². The highest BCUT2D eigenvalue weighted by atomic mass is 79.9. The van der Waals surface area contributed by atoms with E-state index in [-0.39, 0.29) is 17.9 Å². The SMILES string of the molecule is O=C1Cc2cc(C(Br)c3ccc(F)cc3F)c(Cl)cc2N1. The van der Waals surface area contributed by atoms with Crippen LogP contribution in [0.15, 0.2) is 30.3 Å². The maximum Gasteiger partial charge on any atom is 0.228 e. The van der Waals surface area contributed by atoms with Crippen molar-refractivity contribution in [1.29, 1.82) is 0 Å². The molecule has 1 atom stereocenters. The maximum atomic E-state index is 13.9. The van der Waals surface area contributed by atoms with E-state index in [0.29, 0.717) is 16.3 Å². The van der Waals surface area contributed by atoms with Crippen LogP contribution in [0, 0.1) is 11.6 Å². The normalized spacial score (nSPS) is 14.8. The van der Waals surface area contributed by atoms with Gasteiger partial charge in [0.2, 0.25) is 5.91 Å². The Labute approximate surface area is 133 Å². The molecule has 1 aliphatic rings. The molecule has 2 aromatic carbocycles. The number of alkyl halides is 1. The highest BCUT2D eigenvalue weighted by Gasteiger charge is 2.24. The lowest BCUT2D eigenvalue weighted by molar-refractivity contribution is -0.115. The van der Waals surface area contributed by atoms with Gasteiger partial charge in [0, 0.05) is 22.3 Å². The van der Waals surface area contributed by atoms with E-state index in [4.69, 9.17) is 11.6 Å². The third kappa shape index (κ3) is 2.68. The summed E-state index contributed by atoms with van der Waals surface area (Å²) in [7, 11) is 0. The van der Waals surface area contributed by atoms with Gasteiger partial charge in [-0.2, -0.15) is 0 Å². The second kappa shape index (κ2) is 5.39. The summed E-state index contributed by atoms with van der Waals surface area (Å²) >= 11 is 9.60. The smallest absolute Gasteiger partial charge is 0.228 e. The van der Waals surface area contributed by atoms with Gasteiger partial charge >= 0.3 is 0 Å².